The van der Waals surface area contributed by atoms with E-state index in [1.165, 1.54) is 38.5 Å². The number of fused-ring (bicyclic) bond motifs is 8. The van der Waals surface area contributed by atoms with Gasteiger partial charge in [0.1, 0.15) is 11.2 Å². The lowest BCUT2D eigenvalue weighted by Gasteiger charge is -2.30. The van der Waals surface area contributed by atoms with Gasteiger partial charge in [0.25, 0.3) is 0 Å². The molecule has 0 unspecified atom stereocenters. The van der Waals surface area contributed by atoms with Crippen molar-refractivity contribution in [3.63, 3.8) is 0 Å². The van der Waals surface area contributed by atoms with Crippen molar-refractivity contribution in [2.45, 2.75) is 12.8 Å². The van der Waals surface area contributed by atoms with E-state index in [9.17, 15) is 0 Å². The molecule has 1 aliphatic carbocycles. The van der Waals surface area contributed by atoms with E-state index in [2.05, 4.69) is 179 Å². The highest BCUT2D eigenvalue weighted by Crippen LogP contribution is 2.42. The first-order valence-corrected chi connectivity index (χ1v) is 17.0. The lowest BCUT2D eigenvalue weighted by Crippen LogP contribution is -2.17. The maximum absolute atomic E-state index is 6.46. The van der Waals surface area contributed by atoms with E-state index >= 15 is 0 Å². The first-order valence-electron chi connectivity index (χ1n) is 17.0. The molecular formula is C46H32N2O. The third-order valence-corrected chi connectivity index (χ3v) is 10.00. The summed E-state index contributed by atoms with van der Waals surface area (Å²) in [6.07, 6.45) is 8.98. The Bertz CT molecular complexity index is 2720. The quantitative estimate of drug-likeness (QED) is 0.189. The minimum Gasteiger partial charge on any atom is -0.455 e. The maximum Gasteiger partial charge on any atom is 0.143 e. The third-order valence-electron chi connectivity index (χ3n) is 10.00. The number of anilines is 2. The summed E-state index contributed by atoms with van der Waals surface area (Å²) < 4.78 is 8.84. The second-order valence-electron chi connectivity index (χ2n) is 12.8. The summed E-state index contributed by atoms with van der Waals surface area (Å²) in [6.45, 7) is 0. The molecule has 9 aromatic rings. The molecule has 10 rings (SSSR count). The highest BCUT2D eigenvalue weighted by atomic mass is 16.3. The fourth-order valence-corrected chi connectivity index (χ4v) is 7.73. The van der Waals surface area contributed by atoms with Gasteiger partial charge in [-0.2, -0.15) is 0 Å². The molecule has 0 saturated heterocycles. The van der Waals surface area contributed by atoms with E-state index in [1.54, 1.807) is 0 Å². The average molecular weight is 629 g/mol. The Balaban J connectivity index is 1.12. The summed E-state index contributed by atoms with van der Waals surface area (Å²) in [7, 11) is 0. The predicted molar refractivity (Wildman–Crippen MR) is 206 cm³/mol. The molecule has 2 heterocycles. The summed E-state index contributed by atoms with van der Waals surface area (Å²) in [6, 6.07) is 54.6. The minimum atomic E-state index is 0.906. The lowest BCUT2D eigenvalue weighted by atomic mass is 9.98. The number of benzene rings is 7. The number of furan rings is 1. The van der Waals surface area contributed by atoms with Crippen LogP contribution in [0.5, 0.6) is 0 Å². The standard InChI is InChI=1S/C46H32N2O/c1-2-13-33(14-3-1)47(34-24-26-35(27-25-34)48-43-20-10-7-17-38(43)39-18-8-11-21-44(39)48)42-19-9-6-15-36(42)32-23-29-45-41(30-32)40-28-22-31-12-4-5-16-37(31)46(40)49-45/h2,4-30H,1,3H2. The SMILES string of the molecule is C1=CC(N(c2ccc(-n3c4ccccc4c4ccccc43)cc2)c2ccccc2-c2ccc3oc4c5ccccc5ccc4c3c2)=CCC1. The number of rotatable bonds is 5. The van der Waals surface area contributed by atoms with Gasteiger partial charge >= 0.3 is 0 Å². The van der Waals surface area contributed by atoms with Gasteiger partial charge in [0.2, 0.25) is 0 Å². The Morgan fingerprint density at radius 3 is 2.04 bits per heavy atom. The number of aromatic nitrogens is 1. The van der Waals surface area contributed by atoms with Crippen LogP contribution in [0.1, 0.15) is 12.8 Å². The molecule has 0 spiro atoms. The second-order valence-corrected chi connectivity index (χ2v) is 12.8. The summed E-state index contributed by atoms with van der Waals surface area (Å²) in [5, 5.41) is 7.14. The average Bonchev–Trinajstić information content (AvgIpc) is 3.72. The Labute approximate surface area is 284 Å². The van der Waals surface area contributed by atoms with Crippen LogP contribution in [0.15, 0.2) is 180 Å². The molecule has 0 radical (unpaired) electrons. The molecule has 49 heavy (non-hydrogen) atoms. The van der Waals surface area contributed by atoms with Gasteiger partial charge in [-0.3, -0.25) is 0 Å². The van der Waals surface area contributed by atoms with Crippen LogP contribution in [-0.4, -0.2) is 4.57 Å². The minimum absolute atomic E-state index is 0.906. The molecule has 0 fully saturated rings. The number of allylic oxidation sites excluding steroid dienone is 3. The molecule has 0 amide bonds. The molecule has 7 aromatic carbocycles. The van der Waals surface area contributed by atoms with Crippen LogP contribution in [0.4, 0.5) is 11.4 Å². The Hall–Kier alpha value is -6.32. The molecule has 3 nitrogen and oxygen atoms in total. The fourth-order valence-electron chi connectivity index (χ4n) is 7.73. The zero-order valence-electron chi connectivity index (χ0n) is 26.9. The van der Waals surface area contributed by atoms with Crippen molar-refractivity contribution < 1.29 is 4.42 Å². The van der Waals surface area contributed by atoms with Gasteiger partial charge in [-0.05, 0) is 90.5 Å². The number of hydrogen-bond acceptors (Lipinski definition) is 2. The highest BCUT2D eigenvalue weighted by Gasteiger charge is 2.20. The van der Waals surface area contributed by atoms with E-state index in [1.807, 2.05) is 0 Å². The molecule has 232 valence electrons. The van der Waals surface area contributed by atoms with Gasteiger partial charge in [0, 0.05) is 49.6 Å². The largest absolute Gasteiger partial charge is 0.455 e. The van der Waals surface area contributed by atoms with Crippen LogP contribution >= 0.6 is 0 Å². The van der Waals surface area contributed by atoms with Crippen molar-refractivity contribution in [2.75, 3.05) is 4.90 Å². The van der Waals surface area contributed by atoms with Crippen molar-refractivity contribution in [3.8, 4) is 16.8 Å². The van der Waals surface area contributed by atoms with Crippen molar-refractivity contribution in [1.82, 2.24) is 4.57 Å². The van der Waals surface area contributed by atoms with E-state index in [4.69, 9.17) is 4.42 Å². The summed E-state index contributed by atoms with van der Waals surface area (Å²) >= 11 is 0. The third kappa shape index (κ3) is 4.43. The molecule has 1 aliphatic rings. The number of para-hydroxylation sites is 3. The molecular weight excluding hydrogens is 597 g/mol. The van der Waals surface area contributed by atoms with Gasteiger partial charge in [-0.15, -0.1) is 0 Å². The van der Waals surface area contributed by atoms with Crippen molar-refractivity contribution in [2.24, 2.45) is 0 Å². The molecule has 0 N–H and O–H groups in total. The van der Waals surface area contributed by atoms with Gasteiger partial charge in [0.15, 0.2) is 0 Å². The Morgan fingerprint density at radius 2 is 1.27 bits per heavy atom. The zero-order valence-corrected chi connectivity index (χ0v) is 26.9. The molecule has 0 bridgehead atoms. The normalized spacial score (nSPS) is 13.2. The van der Waals surface area contributed by atoms with Crippen LogP contribution in [0.2, 0.25) is 0 Å². The number of hydrogen-bond donors (Lipinski definition) is 0. The van der Waals surface area contributed by atoms with Crippen LogP contribution in [0.25, 0.3) is 71.3 Å². The van der Waals surface area contributed by atoms with Crippen LogP contribution in [0.3, 0.4) is 0 Å². The molecule has 0 atom stereocenters. The maximum atomic E-state index is 6.46. The smallest absolute Gasteiger partial charge is 0.143 e. The lowest BCUT2D eigenvalue weighted by molar-refractivity contribution is 0.672. The summed E-state index contributed by atoms with van der Waals surface area (Å²) in [4.78, 5) is 2.41. The predicted octanol–water partition coefficient (Wildman–Crippen LogP) is 12.9. The Kier molecular flexibility index (Phi) is 6.31. The van der Waals surface area contributed by atoms with Crippen LogP contribution in [0, 0.1) is 0 Å². The summed E-state index contributed by atoms with van der Waals surface area (Å²) in [5.74, 6) is 0. The molecule has 0 saturated carbocycles. The zero-order chi connectivity index (χ0) is 32.3. The van der Waals surface area contributed by atoms with Crippen molar-refractivity contribution in [3.05, 3.63) is 176 Å². The summed E-state index contributed by atoms with van der Waals surface area (Å²) in [5.41, 5.74) is 11.2. The molecule has 2 aromatic heterocycles. The highest BCUT2D eigenvalue weighted by molar-refractivity contribution is 6.15. The van der Waals surface area contributed by atoms with E-state index in [0.29, 0.717) is 0 Å². The van der Waals surface area contributed by atoms with Gasteiger partial charge in [0.05, 0.1) is 16.7 Å². The number of nitrogens with zero attached hydrogens (tertiary/aromatic N) is 2. The van der Waals surface area contributed by atoms with Crippen LogP contribution < -0.4 is 4.90 Å². The second kappa shape index (κ2) is 11.1. The van der Waals surface area contributed by atoms with E-state index in [-0.39, 0.29) is 0 Å². The first kappa shape index (κ1) is 27.8. The van der Waals surface area contributed by atoms with Crippen LogP contribution in [-0.2, 0) is 0 Å². The fraction of sp³-hybridized carbons (Fsp3) is 0.0435. The topological polar surface area (TPSA) is 21.3 Å². The molecule has 0 aliphatic heterocycles. The van der Waals surface area contributed by atoms with Crippen molar-refractivity contribution >= 4 is 65.9 Å². The van der Waals surface area contributed by atoms with Gasteiger partial charge in [-0.1, -0.05) is 103 Å². The Morgan fingerprint density at radius 1 is 0.551 bits per heavy atom. The first-order chi connectivity index (χ1) is 24.3. The van der Waals surface area contributed by atoms with Crippen molar-refractivity contribution in [1.29, 1.82) is 0 Å². The molecule has 3 heteroatoms. The van der Waals surface area contributed by atoms with Gasteiger partial charge in [-0.25, -0.2) is 0 Å². The van der Waals surface area contributed by atoms with E-state index < -0.39 is 0 Å². The van der Waals surface area contributed by atoms with Gasteiger partial charge < -0.3 is 13.9 Å². The van der Waals surface area contributed by atoms with E-state index in [0.717, 1.165) is 62.8 Å². The monoisotopic (exact) mass is 628 g/mol.